The van der Waals surface area contributed by atoms with Gasteiger partial charge in [-0.1, -0.05) is 5.21 Å². The summed E-state index contributed by atoms with van der Waals surface area (Å²) in [5.41, 5.74) is 5.91. The van der Waals surface area contributed by atoms with Crippen LogP contribution in [0.15, 0.2) is 6.20 Å². The summed E-state index contributed by atoms with van der Waals surface area (Å²) in [5.74, 6) is -0.00172. The first-order valence-electron chi connectivity index (χ1n) is 7.91. The summed E-state index contributed by atoms with van der Waals surface area (Å²) in [5, 5.41) is 7.89. The van der Waals surface area contributed by atoms with Crippen LogP contribution in [-0.2, 0) is 6.54 Å². The van der Waals surface area contributed by atoms with E-state index in [1.54, 1.807) is 10.9 Å². The van der Waals surface area contributed by atoms with Crippen LogP contribution in [0, 0.1) is 0 Å². The Kier molecular flexibility index (Phi) is 4.50. The second-order valence-corrected chi connectivity index (χ2v) is 5.92. The third-order valence-corrected chi connectivity index (χ3v) is 4.52. The second-order valence-electron chi connectivity index (χ2n) is 5.92. The molecular weight excluding hydrogens is 268 g/mol. The molecule has 2 fully saturated rings. The third-order valence-electron chi connectivity index (χ3n) is 4.52. The number of hydrogen-bond acceptors (Lipinski definition) is 5. The van der Waals surface area contributed by atoms with Gasteiger partial charge in [0.15, 0.2) is 5.69 Å². The number of likely N-dealkylation sites (tertiary alicyclic amines) is 2. The monoisotopic (exact) mass is 292 g/mol. The minimum atomic E-state index is -0.00172. The molecule has 0 atom stereocenters. The number of nitrogens with zero attached hydrogens (tertiary/aromatic N) is 5. The Morgan fingerprint density at radius 2 is 1.95 bits per heavy atom. The number of aromatic nitrogens is 3. The summed E-state index contributed by atoms with van der Waals surface area (Å²) < 4.78 is 1.63. The zero-order chi connectivity index (χ0) is 14.7. The van der Waals surface area contributed by atoms with Crippen molar-refractivity contribution in [3.05, 3.63) is 11.9 Å². The number of piperidine rings is 1. The lowest BCUT2D eigenvalue weighted by molar-refractivity contribution is 0.0638. The molecule has 7 heteroatoms. The van der Waals surface area contributed by atoms with E-state index in [1.807, 2.05) is 4.90 Å². The Morgan fingerprint density at radius 3 is 2.62 bits per heavy atom. The summed E-state index contributed by atoms with van der Waals surface area (Å²) in [4.78, 5) is 16.9. The molecule has 3 rings (SSSR count). The van der Waals surface area contributed by atoms with Gasteiger partial charge in [-0.3, -0.25) is 9.48 Å². The van der Waals surface area contributed by atoms with Crippen molar-refractivity contribution in [2.24, 2.45) is 5.73 Å². The number of rotatable bonds is 4. The normalized spacial score (nSPS) is 21.1. The van der Waals surface area contributed by atoms with Gasteiger partial charge in [-0.05, 0) is 38.8 Å². The van der Waals surface area contributed by atoms with Crippen molar-refractivity contribution in [3.63, 3.8) is 0 Å². The van der Waals surface area contributed by atoms with Gasteiger partial charge in [0.2, 0.25) is 0 Å². The highest BCUT2D eigenvalue weighted by molar-refractivity contribution is 5.92. The first-order valence-corrected chi connectivity index (χ1v) is 7.91. The molecule has 7 nitrogen and oxygen atoms in total. The molecule has 2 aliphatic heterocycles. The molecule has 3 heterocycles. The van der Waals surface area contributed by atoms with Crippen LogP contribution in [0.25, 0.3) is 0 Å². The molecule has 0 aliphatic carbocycles. The van der Waals surface area contributed by atoms with E-state index in [0.29, 0.717) is 24.8 Å². The molecule has 21 heavy (non-hydrogen) atoms. The lowest BCUT2D eigenvalue weighted by Gasteiger charge is -2.36. The largest absolute Gasteiger partial charge is 0.337 e. The summed E-state index contributed by atoms with van der Waals surface area (Å²) >= 11 is 0. The number of hydrogen-bond donors (Lipinski definition) is 1. The van der Waals surface area contributed by atoms with Crippen molar-refractivity contribution in [2.45, 2.75) is 38.3 Å². The van der Waals surface area contributed by atoms with Gasteiger partial charge in [-0.25, -0.2) is 0 Å². The van der Waals surface area contributed by atoms with E-state index in [-0.39, 0.29) is 5.91 Å². The van der Waals surface area contributed by atoms with Crippen molar-refractivity contribution in [1.29, 1.82) is 0 Å². The van der Waals surface area contributed by atoms with E-state index in [4.69, 9.17) is 5.73 Å². The van der Waals surface area contributed by atoms with E-state index in [9.17, 15) is 4.79 Å². The van der Waals surface area contributed by atoms with Gasteiger partial charge in [0.1, 0.15) is 0 Å². The van der Waals surface area contributed by atoms with Crippen molar-refractivity contribution in [3.8, 4) is 0 Å². The number of amides is 1. The molecule has 0 radical (unpaired) electrons. The number of nitrogens with two attached hydrogens (primary N) is 1. The van der Waals surface area contributed by atoms with Crippen molar-refractivity contribution >= 4 is 5.91 Å². The summed E-state index contributed by atoms with van der Waals surface area (Å²) in [7, 11) is 0. The highest BCUT2D eigenvalue weighted by Gasteiger charge is 2.29. The summed E-state index contributed by atoms with van der Waals surface area (Å²) in [6, 6.07) is 0.657. The molecule has 0 saturated carbocycles. The highest BCUT2D eigenvalue weighted by atomic mass is 16.2. The SMILES string of the molecule is NCCn1cc(C(=O)N2CCC(N3CCCC3)CC2)nn1. The van der Waals surface area contributed by atoms with Crippen molar-refractivity contribution < 1.29 is 4.79 Å². The Bertz CT molecular complexity index is 474. The maximum absolute atomic E-state index is 12.4. The van der Waals surface area contributed by atoms with Crippen LogP contribution in [0.2, 0.25) is 0 Å². The van der Waals surface area contributed by atoms with Crippen LogP contribution in [0.4, 0.5) is 0 Å². The maximum atomic E-state index is 12.4. The summed E-state index contributed by atoms with van der Waals surface area (Å²) in [6.07, 6.45) is 6.49. The van der Waals surface area contributed by atoms with E-state index < -0.39 is 0 Å². The van der Waals surface area contributed by atoms with Crippen LogP contribution in [-0.4, -0.2) is 69.5 Å². The van der Waals surface area contributed by atoms with E-state index in [2.05, 4.69) is 15.2 Å². The fourth-order valence-electron chi connectivity index (χ4n) is 3.34. The van der Waals surface area contributed by atoms with Gasteiger partial charge in [0.25, 0.3) is 5.91 Å². The van der Waals surface area contributed by atoms with Gasteiger partial charge in [-0.2, -0.15) is 0 Å². The lowest BCUT2D eigenvalue weighted by atomic mass is 10.0. The van der Waals surface area contributed by atoms with Crippen molar-refractivity contribution in [2.75, 3.05) is 32.7 Å². The molecular formula is C14H24N6O. The zero-order valence-electron chi connectivity index (χ0n) is 12.4. The molecule has 1 amide bonds. The van der Waals surface area contributed by atoms with E-state index >= 15 is 0 Å². The van der Waals surface area contributed by atoms with Gasteiger partial charge in [0, 0.05) is 25.7 Å². The van der Waals surface area contributed by atoms with Crippen LogP contribution in [0.5, 0.6) is 0 Å². The molecule has 2 saturated heterocycles. The first-order chi connectivity index (χ1) is 10.3. The van der Waals surface area contributed by atoms with E-state index in [0.717, 1.165) is 25.9 Å². The molecule has 0 spiro atoms. The van der Waals surface area contributed by atoms with Gasteiger partial charge >= 0.3 is 0 Å². The van der Waals surface area contributed by atoms with Crippen LogP contribution < -0.4 is 5.73 Å². The number of carbonyl (C=O) groups is 1. The standard InChI is InChI=1S/C14H24N6O/c15-5-10-20-11-13(16-17-20)14(21)19-8-3-12(4-9-19)18-6-1-2-7-18/h11-12H,1-10,15H2. The Morgan fingerprint density at radius 1 is 1.24 bits per heavy atom. The molecule has 1 aromatic rings. The lowest BCUT2D eigenvalue weighted by Crippen LogP contribution is -2.46. The fourth-order valence-corrected chi connectivity index (χ4v) is 3.34. The second kappa shape index (κ2) is 6.53. The van der Waals surface area contributed by atoms with Crippen LogP contribution in [0.3, 0.4) is 0 Å². The highest BCUT2D eigenvalue weighted by Crippen LogP contribution is 2.21. The Labute approximate surface area is 125 Å². The predicted molar refractivity (Wildman–Crippen MR) is 78.8 cm³/mol. The molecule has 0 bridgehead atoms. The molecule has 0 unspecified atom stereocenters. The molecule has 2 aliphatic rings. The Balaban J connectivity index is 1.54. The quantitative estimate of drug-likeness (QED) is 0.841. The van der Waals surface area contributed by atoms with Gasteiger partial charge in [0.05, 0.1) is 12.7 Å². The van der Waals surface area contributed by atoms with Gasteiger partial charge in [-0.15, -0.1) is 5.10 Å². The topological polar surface area (TPSA) is 80.3 Å². The summed E-state index contributed by atoms with van der Waals surface area (Å²) in [6.45, 7) is 5.20. The molecule has 2 N–H and O–H groups in total. The molecule has 1 aromatic heterocycles. The number of carbonyl (C=O) groups excluding carboxylic acids is 1. The fraction of sp³-hybridized carbons (Fsp3) is 0.786. The van der Waals surface area contributed by atoms with Crippen LogP contribution in [0.1, 0.15) is 36.2 Å². The average Bonchev–Trinajstić information content (AvgIpc) is 3.19. The van der Waals surface area contributed by atoms with Crippen molar-refractivity contribution in [1.82, 2.24) is 24.8 Å². The van der Waals surface area contributed by atoms with Crippen LogP contribution >= 0.6 is 0 Å². The third kappa shape index (κ3) is 3.24. The first kappa shape index (κ1) is 14.5. The predicted octanol–water partition coefficient (Wildman–Crippen LogP) is -0.0628. The zero-order valence-corrected chi connectivity index (χ0v) is 12.4. The van der Waals surface area contributed by atoms with Gasteiger partial charge < -0.3 is 15.5 Å². The molecule has 116 valence electrons. The molecule has 0 aromatic carbocycles. The minimum Gasteiger partial charge on any atom is -0.337 e. The smallest absolute Gasteiger partial charge is 0.276 e. The van der Waals surface area contributed by atoms with E-state index in [1.165, 1.54) is 25.9 Å². The minimum absolute atomic E-state index is 0.00172. The Hall–Kier alpha value is -1.47. The maximum Gasteiger partial charge on any atom is 0.276 e. The average molecular weight is 292 g/mol.